The first kappa shape index (κ1) is 26.6. The average molecular weight is 580 g/mol. The van der Waals surface area contributed by atoms with Crippen LogP contribution in [0.25, 0.3) is 55.8 Å². The van der Waals surface area contributed by atoms with E-state index < -0.39 is 0 Å². The van der Waals surface area contributed by atoms with Crippen LogP contribution in [0.5, 0.6) is 0 Å². The van der Waals surface area contributed by atoms with Gasteiger partial charge < -0.3 is 0 Å². The summed E-state index contributed by atoms with van der Waals surface area (Å²) in [5, 5.41) is 0. The van der Waals surface area contributed by atoms with Gasteiger partial charge in [-0.05, 0) is 96.6 Å². The van der Waals surface area contributed by atoms with Crippen molar-refractivity contribution in [2.24, 2.45) is 0 Å². The number of benzene rings is 5. The zero-order chi connectivity index (χ0) is 30.9. The maximum Gasteiger partial charge on any atom is 0.0746 e. The lowest BCUT2D eigenvalue weighted by atomic mass is 9.80. The maximum atomic E-state index is 5.13. The summed E-state index contributed by atoms with van der Waals surface area (Å²) in [7, 11) is 0. The molecule has 0 unspecified atom stereocenters. The van der Waals surface area contributed by atoms with Crippen molar-refractivity contribution >= 4 is 0 Å². The minimum absolute atomic E-state index is 0.00987. The molecular weight excluding hydrogens is 542 g/mol. The van der Waals surface area contributed by atoms with Crippen molar-refractivity contribution in [1.29, 1.82) is 0 Å². The molecule has 0 bridgehead atoms. The Labute approximate surface area is 266 Å². The lowest BCUT2D eigenvalue weighted by Crippen LogP contribution is -2.16. The van der Waals surface area contributed by atoms with Gasteiger partial charge in [-0.3, -0.25) is 4.98 Å². The first-order chi connectivity index (χ1) is 21.6. The highest BCUT2D eigenvalue weighted by Crippen LogP contribution is 2.53. The van der Waals surface area contributed by atoms with Crippen LogP contribution in [0.2, 0.25) is 0 Å². The van der Waals surface area contributed by atoms with E-state index in [0.29, 0.717) is 0 Å². The van der Waals surface area contributed by atoms with Gasteiger partial charge in [0, 0.05) is 33.6 Å². The third-order valence-corrected chi connectivity index (χ3v) is 11.3. The van der Waals surface area contributed by atoms with Gasteiger partial charge in [-0.25, -0.2) is 0 Å². The van der Waals surface area contributed by atoms with Crippen LogP contribution in [0.15, 0.2) is 115 Å². The van der Waals surface area contributed by atoms with Crippen LogP contribution in [0.3, 0.4) is 0 Å². The molecular formula is C44H37N. The average Bonchev–Trinajstić information content (AvgIpc) is 3.53. The Balaban J connectivity index is 1.10. The Bertz CT molecular complexity index is 2080. The van der Waals surface area contributed by atoms with Gasteiger partial charge in [0.15, 0.2) is 0 Å². The SMILES string of the molecule is CC1(C)c2ccccc2-c2ccc(-c3ccc4c(c3)C(C)(C)c3cc(-c5ccc6c(c5)C(C)(C)c5ccccc5-6)cnc3-4)cc21. The zero-order valence-corrected chi connectivity index (χ0v) is 26.9. The van der Waals surface area contributed by atoms with Crippen LogP contribution in [-0.2, 0) is 16.2 Å². The number of fused-ring (bicyclic) bond motifs is 9. The zero-order valence-electron chi connectivity index (χ0n) is 26.9. The summed E-state index contributed by atoms with van der Waals surface area (Å²) in [6.07, 6.45) is 2.08. The third-order valence-electron chi connectivity index (χ3n) is 11.3. The van der Waals surface area contributed by atoms with Crippen LogP contribution < -0.4 is 0 Å². The van der Waals surface area contributed by atoms with Crippen molar-refractivity contribution in [3.05, 3.63) is 149 Å². The fourth-order valence-corrected chi connectivity index (χ4v) is 8.67. The predicted octanol–water partition coefficient (Wildman–Crippen LogP) is 11.3. The first-order valence-corrected chi connectivity index (χ1v) is 16.2. The molecule has 0 radical (unpaired) electrons. The van der Waals surface area contributed by atoms with Crippen LogP contribution in [0.4, 0.5) is 0 Å². The van der Waals surface area contributed by atoms with Gasteiger partial charge in [-0.1, -0.05) is 126 Å². The van der Waals surface area contributed by atoms with Crippen molar-refractivity contribution in [1.82, 2.24) is 4.98 Å². The second kappa shape index (κ2) is 8.70. The summed E-state index contributed by atoms with van der Waals surface area (Å²) in [4.78, 5) is 5.13. The van der Waals surface area contributed by atoms with E-state index in [9.17, 15) is 0 Å². The molecule has 1 aromatic heterocycles. The molecule has 9 rings (SSSR count). The molecule has 1 heteroatoms. The molecule has 0 N–H and O–H groups in total. The minimum Gasteiger partial charge on any atom is -0.255 e. The fourth-order valence-electron chi connectivity index (χ4n) is 8.67. The van der Waals surface area contributed by atoms with Crippen LogP contribution in [0, 0.1) is 0 Å². The number of aromatic nitrogens is 1. The Morgan fingerprint density at radius 3 is 1.27 bits per heavy atom. The van der Waals surface area contributed by atoms with E-state index in [4.69, 9.17) is 4.98 Å². The van der Waals surface area contributed by atoms with Crippen LogP contribution >= 0.6 is 0 Å². The Hall–Kier alpha value is -4.75. The van der Waals surface area contributed by atoms with Gasteiger partial charge in [-0.2, -0.15) is 0 Å². The van der Waals surface area contributed by atoms with Crippen LogP contribution in [0.1, 0.15) is 74.9 Å². The van der Waals surface area contributed by atoms with Gasteiger partial charge >= 0.3 is 0 Å². The molecule has 218 valence electrons. The number of hydrogen-bond acceptors (Lipinski definition) is 1. The highest BCUT2D eigenvalue weighted by molar-refractivity contribution is 5.87. The van der Waals surface area contributed by atoms with Crippen LogP contribution in [-0.4, -0.2) is 4.98 Å². The Morgan fingerprint density at radius 1 is 0.356 bits per heavy atom. The number of nitrogens with zero attached hydrogens (tertiary/aromatic N) is 1. The van der Waals surface area contributed by atoms with Crippen molar-refractivity contribution in [3.8, 4) is 55.8 Å². The Morgan fingerprint density at radius 2 is 0.733 bits per heavy atom. The summed E-state index contributed by atoms with van der Waals surface area (Å²) in [5.74, 6) is 0. The highest BCUT2D eigenvalue weighted by atomic mass is 14.7. The molecule has 45 heavy (non-hydrogen) atoms. The second-order valence-electron chi connectivity index (χ2n) is 14.9. The standard InChI is InChI=1S/C44H37N/c1-42(2)35-13-9-7-11-30(35)32-18-15-26(21-37(32)42)27-17-20-34-39(22-27)44(5,6)40-24-29(25-45-41(34)40)28-16-19-33-31-12-8-10-14-36(31)43(3,4)38(33)23-28/h7-25H,1-6H3. The van der Waals surface area contributed by atoms with Crippen molar-refractivity contribution in [3.63, 3.8) is 0 Å². The Kier molecular flexibility index (Phi) is 5.15. The minimum atomic E-state index is -0.151. The number of rotatable bonds is 2. The topological polar surface area (TPSA) is 12.9 Å². The highest BCUT2D eigenvalue weighted by Gasteiger charge is 2.39. The molecule has 1 nitrogen and oxygen atoms in total. The summed E-state index contributed by atoms with van der Waals surface area (Å²) < 4.78 is 0. The van der Waals surface area contributed by atoms with Gasteiger partial charge in [0.2, 0.25) is 0 Å². The first-order valence-electron chi connectivity index (χ1n) is 16.2. The van der Waals surface area contributed by atoms with E-state index in [2.05, 4.69) is 157 Å². The lowest BCUT2D eigenvalue weighted by molar-refractivity contribution is 0.658. The fraction of sp³-hybridized carbons (Fsp3) is 0.205. The lowest BCUT2D eigenvalue weighted by Gasteiger charge is -2.23. The summed E-state index contributed by atoms with van der Waals surface area (Å²) in [6, 6.07) is 41.2. The molecule has 0 aliphatic heterocycles. The second-order valence-corrected chi connectivity index (χ2v) is 14.9. The number of pyridine rings is 1. The molecule has 3 aliphatic carbocycles. The van der Waals surface area contributed by atoms with Gasteiger partial charge in [0.25, 0.3) is 0 Å². The third kappa shape index (κ3) is 3.47. The van der Waals surface area contributed by atoms with E-state index in [1.807, 2.05) is 0 Å². The molecule has 0 atom stereocenters. The van der Waals surface area contributed by atoms with Gasteiger partial charge in [0.1, 0.15) is 0 Å². The van der Waals surface area contributed by atoms with Crippen molar-refractivity contribution < 1.29 is 0 Å². The quantitative estimate of drug-likeness (QED) is 0.199. The summed E-state index contributed by atoms with van der Waals surface area (Å²) in [6.45, 7) is 14.1. The molecule has 0 amide bonds. The molecule has 0 spiro atoms. The normalized spacial score (nSPS) is 16.8. The van der Waals surface area contributed by atoms with Crippen molar-refractivity contribution in [2.75, 3.05) is 0 Å². The van der Waals surface area contributed by atoms with Gasteiger partial charge in [-0.15, -0.1) is 0 Å². The molecule has 5 aromatic carbocycles. The number of hydrogen-bond donors (Lipinski definition) is 0. The van der Waals surface area contributed by atoms with Crippen molar-refractivity contribution in [2.45, 2.75) is 57.8 Å². The molecule has 3 aliphatic rings. The van der Waals surface area contributed by atoms with E-state index in [-0.39, 0.29) is 16.2 Å². The molecule has 6 aromatic rings. The smallest absolute Gasteiger partial charge is 0.0746 e. The van der Waals surface area contributed by atoms with E-state index in [1.54, 1.807) is 0 Å². The largest absolute Gasteiger partial charge is 0.255 e. The molecule has 0 fully saturated rings. The van der Waals surface area contributed by atoms with E-state index in [1.165, 1.54) is 83.5 Å². The molecule has 0 saturated heterocycles. The summed E-state index contributed by atoms with van der Waals surface area (Å²) in [5.41, 5.74) is 20.9. The van der Waals surface area contributed by atoms with E-state index >= 15 is 0 Å². The maximum absolute atomic E-state index is 5.13. The molecule has 1 heterocycles. The van der Waals surface area contributed by atoms with E-state index in [0.717, 1.165) is 5.69 Å². The monoisotopic (exact) mass is 579 g/mol. The predicted molar refractivity (Wildman–Crippen MR) is 188 cm³/mol. The van der Waals surface area contributed by atoms with Gasteiger partial charge in [0.05, 0.1) is 5.69 Å². The molecule has 0 saturated carbocycles. The summed E-state index contributed by atoms with van der Waals surface area (Å²) >= 11 is 0.